The van der Waals surface area contributed by atoms with Gasteiger partial charge in [-0.25, -0.2) is 4.79 Å². The smallest absolute Gasteiger partial charge is 0.336 e. The van der Waals surface area contributed by atoms with Gasteiger partial charge < -0.3 is 14.6 Å². The Balaban J connectivity index is 1.91. The van der Waals surface area contributed by atoms with Gasteiger partial charge in [0.2, 0.25) is 0 Å². The van der Waals surface area contributed by atoms with Gasteiger partial charge in [-0.2, -0.15) is 0 Å². The van der Waals surface area contributed by atoms with E-state index >= 15 is 0 Å². The molecule has 6 nitrogen and oxygen atoms in total. The number of halogens is 1. The molecule has 0 aliphatic carbocycles. The lowest BCUT2D eigenvalue weighted by atomic mass is 9.75. The first-order valence-electron chi connectivity index (χ1n) is 9.86. The molecule has 0 amide bonds. The van der Waals surface area contributed by atoms with Crippen molar-refractivity contribution in [2.24, 2.45) is 10.9 Å². The lowest BCUT2D eigenvalue weighted by molar-refractivity contribution is -0.144. The van der Waals surface area contributed by atoms with Crippen molar-refractivity contribution >= 4 is 29.3 Å². The minimum atomic E-state index is -0.784. The van der Waals surface area contributed by atoms with E-state index in [9.17, 15) is 14.7 Å². The number of phenolic OH excluding ortho intramolecular Hbond substituents is 1. The second kappa shape index (κ2) is 9.79. The van der Waals surface area contributed by atoms with E-state index in [2.05, 4.69) is 4.99 Å². The normalized spacial score (nSPS) is 18.4. The third-order valence-corrected chi connectivity index (χ3v) is 5.65. The van der Waals surface area contributed by atoms with Crippen LogP contribution in [0.2, 0.25) is 5.02 Å². The van der Waals surface area contributed by atoms with Gasteiger partial charge in [-0.3, -0.25) is 9.79 Å². The average Bonchev–Trinajstić information content (AvgIpc) is 2.74. The third-order valence-electron chi connectivity index (χ3n) is 5.30. The zero-order chi connectivity index (χ0) is 22.5. The largest absolute Gasteiger partial charge is 0.508 e. The van der Waals surface area contributed by atoms with E-state index in [0.717, 1.165) is 5.56 Å². The number of rotatable bonds is 6. The summed E-state index contributed by atoms with van der Waals surface area (Å²) in [5.41, 5.74) is 2.88. The number of allylic oxidation sites excluding steroid dienone is 1. The number of methoxy groups -OCH3 is 1. The van der Waals surface area contributed by atoms with Gasteiger partial charge in [0.05, 0.1) is 19.3 Å². The van der Waals surface area contributed by atoms with Crippen molar-refractivity contribution < 1.29 is 24.2 Å². The Bertz CT molecular complexity index is 1040. The molecule has 2 unspecified atom stereocenters. The predicted octanol–water partition coefficient (Wildman–Crippen LogP) is 4.45. The summed E-state index contributed by atoms with van der Waals surface area (Å²) in [7, 11) is 1.31. The van der Waals surface area contributed by atoms with Gasteiger partial charge in [-0.15, -0.1) is 0 Å². The van der Waals surface area contributed by atoms with E-state index in [4.69, 9.17) is 21.1 Å². The predicted molar refractivity (Wildman–Crippen MR) is 118 cm³/mol. The van der Waals surface area contributed by atoms with Crippen molar-refractivity contribution in [3.8, 4) is 5.75 Å². The monoisotopic (exact) mass is 441 g/mol. The van der Waals surface area contributed by atoms with Crippen molar-refractivity contribution in [1.29, 1.82) is 0 Å². The molecular formula is C24H24ClNO5. The van der Waals surface area contributed by atoms with Crippen LogP contribution in [0.25, 0.3) is 0 Å². The number of hydrogen-bond acceptors (Lipinski definition) is 6. The van der Waals surface area contributed by atoms with Crippen LogP contribution in [0, 0.1) is 5.92 Å². The van der Waals surface area contributed by atoms with Crippen LogP contribution < -0.4 is 0 Å². The lowest BCUT2D eigenvalue weighted by Gasteiger charge is -2.31. The summed E-state index contributed by atoms with van der Waals surface area (Å²) in [4.78, 5) is 30.2. The summed E-state index contributed by atoms with van der Waals surface area (Å²) < 4.78 is 10.6. The van der Waals surface area contributed by atoms with E-state index in [-0.39, 0.29) is 12.4 Å². The van der Waals surface area contributed by atoms with Gasteiger partial charge in [0.1, 0.15) is 11.7 Å². The fraction of sp³-hybridized carbons (Fsp3) is 0.292. The quantitative estimate of drug-likeness (QED) is 0.669. The number of hydrogen-bond donors (Lipinski definition) is 1. The molecule has 31 heavy (non-hydrogen) atoms. The molecule has 1 aliphatic heterocycles. The fourth-order valence-corrected chi connectivity index (χ4v) is 4.05. The van der Waals surface area contributed by atoms with Gasteiger partial charge in [0.25, 0.3) is 0 Å². The highest BCUT2D eigenvalue weighted by Crippen LogP contribution is 2.42. The Kier molecular flexibility index (Phi) is 7.13. The molecule has 0 aromatic heterocycles. The number of benzene rings is 2. The topological polar surface area (TPSA) is 85.2 Å². The molecule has 0 fully saturated rings. The Morgan fingerprint density at radius 2 is 1.77 bits per heavy atom. The van der Waals surface area contributed by atoms with Gasteiger partial charge in [0, 0.05) is 28.8 Å². The highest BCUT2D eigenvalue weighted by Gasteiger charge is 2.42. The molecule has 0 bridgehead atoms. The minimum Gasteiger partial charge on any atom is -0.508 e. The minimum absolute atomic E-state index is 0.140. The summed E-state index contributed by atoms with van der Waals surface area (Å²) in [6.07, 6.45) is 0.484. The molecule has 0 saturated heterocycles. The molecule has 162 valence electrons. The van der Waals surface area contributed by atoms with Crippen LogP contribution in [0.4, 0.5) is 0 Å². The van der Waals surface area contributed by atoms with E-state index in [1.807, 2.05) is 0 Å². The maximum absolute atomic E-state index is 13.1. The van der Waals surface area contributed by atoms with E-state index in [1.54, 1.807) is 62.4 Å². The Hall–Kier alpha value is -3.12. The third kappa shape index (κ3) is 4.97. The van der Waals surface area contributed by atoms with Crippen LogP contribution in [0.5, 0.6) is 5.75 Å². The standard InChI is InChI=1S/C24H24ClNO5/c1-14-20(23(28)30-3)22(18-6-4-5-7-19(18)25)21(15(2)26-14)24(29)31-13-12-16-8-10-17(27)11-9-16/h4-11,20,22,27H,12-13H2,1-3H3. The number of carbonyl (C=O) groups is 2. The van der Waals surface area contributed by atoms with Crippen LogP contribution in [0.3, 0.4) is 0 Å². The average molecular weight is 442 g/mol. The van der Waals surface area contributed by atoms with Crippen molar-refractivity contribution in [2.45, 2.75) is 26.2 Å². The molecule has 1 N–H and O–H groups in total. The maximum Gasteiger partial charge on any atom is 0.336 e. The molecule has 2 aromatic rings. The van der Waals surface area contributed by atoms with Crippen LogP contribution in [0.15, 0.2) is 64.8 Å². The number of phenols is 1. The van der Waals surface area contributed by atoms with Crippen molar-refractivity contribution in [3.63, 3.8) is 0 Å². The Morgan fingerprint density at radius 1 is 1.10 bits per heavy atom. The first-order chi connectivity index (χ1) is 14.8. The Labute approximate surface area is 186 Å². The van der Waals surface area contributed by atoms with Crippen LogP contribution in [0.1, 0.15) is 30.9 Å². The lowest BCUT2D eigenvalue weighted by Crippen LogP contribution is -2.36. The summed E-state index contributed by atoms with van der Waals surface area (Å²) in [5.74, 6) is -2.32. The van der Waals surface area contributed by atoms with Crippen LogP contribution in [-0.2, 0) is 25.5 Å². The molecule has 2 atom stereocenters. The highest BCUT2D eigenvalue weighted by atomic mass is 35.5. The van der Waals surface area contributed by atoms with E-state index in [1.165, 1.54) is 7.11 Å². The zero-order valence-corrected chi connectivity index (χ0v) is 18.3. The maximum atomic E-state index is 13.1. The summed E-state index contributed by atoms with van der Waals surface area (Å²) in [5, 5.41) is 9.83. The molecule has 3 rings (SSSR count). The first-order valence-corrected chi connectivity index (χ1v) is 10.2. The molecule has 1 heterocycles. The second-order valence-corrected chi connectivity index (χ2v) is 7.71. The molecule has 2 aromatic carbocycles. The van der Waals surface area contributed by atoms with Crippen molar-refractivity contribution in [2.75, 3.05) is 13.7 Å². The summed E-state index contributed by atoms with van der Waals surface area (Å²) >= 11 is 6.45. The number of nitrogens with zero attached hydrogens (tertiary/aromatic N) is 1. The van der Waals surface area contributed by atoms with Crippen molar-refractivity contribution in [1.82, 2.24) is 0 Å². The fourth-order valence-electron chi connectivity index (χ4n) is 3.80. The van der Waals surface area contributed by atoms with E-state index < -0.39 is 23.8 Å². The second-order valence-electron chi connectivity index (χ2n) is 7.30. The summed E-state index contributed by atoms with van der Waals surface area (Å²) in [6, 6.07) is 13.8. The van der Waals surface area contributed by atoms with Crippen molar-refractivity contribution in [3.05, 3.63) is 76.0 Å². The zero-order valence-electron chi connectivity index (χ0n) is 17.6. The molecule has 0 spiro atoms. The van der Waals surface area contributed by atoms with Gasteiger partial charge in [0.15, 0.2) is 0 Å². The van der Waals surface area contributed by atoms with Gasteiger partial charge in [-0.1, -0.05) is 41.9 Å². The van der Waals surface area contributed by atoms with Gasteiger partial charge >= 0.3 is 11.9 Å². The molecular weight excluding hydrogens is 418 g/mol. The highest BCUT2D eigenvalue weighted by molar-refractivity contribution is 6.31. The number of aliphatic imine (C=N–C) groups is 1. The van der Waals surface area contributed by atoms with Crippen LogP contribution in [-0.4, -0.2) is 36.5 Å². The Morgan fingerprint density at radius 3 is 2.42 bits per heavy atom. The molecule has 0 saturated carbocycles. The number of esters is 2. The van der Waals surface area contributed by atoms with Crippen LogP contribution >= 0.6 is 11.6 Å². The molecule has 7 heteroatoms. The van der Waals surface area contributed by atoms with E-state index in [0.29, 0.717) is 34.0 Å². The molecule has 1 aliphatic rings. The summed E-state index contributed by atoms with van der Waals surface area (Å²) in [6.45, 7) is 3.60. The number of carbonyl (C=O) groups excluding carboxylic acids is 2. The molecule has 0 radical (unpaired) electrons. The SMILES string of the molecule is COC(=O)C1C(C)=NC(C)=C(C(=O)OCCc2ccc(O)cc2)C1c1ccccc1Cl. The number of aromatic hydroxyl groups is 1. The first kappa shape index (κ1) is 22.6. The van der Waals surface area contributed by atoms with Gasteiger partial charge in [-0.05, 0) is 43.2 Å². The number of ether oxygens (including phenoxy) is 2.